The molecule has 0 amide bonds. The van der Waals surface area contributed by atoms with Gasteiger partial charge in [0, 0.05) is 4.88 Å². The van der Waals surface area contributed by atoms with Gasteiger partial charge in [0.05, 0.1) is 12.6 Å². The highest BCUT2D eigenvalue weighted by atomic mass is 32.1. The number of aryl methyl sites for hydroxylation is 1. The van der Waals surface area contributed by atoms with Gasteiger partial charge in [0.1, 0.15) is 5.75 Å². The fourth-order valence-electron chi connectivity index (χ4n) is 1.98. The van der Waals surface area contributed by atoms with Crippen LogP contribution in [0.2, 0.25) is 0 Å². The van der Waals surface area contributed by atoms with E-state index in [1.807, 2.05) is 31.2 Å². The predicted octanol–water partition coefficient (Wildman–Crippen LogP) is 3.29. The summed E-state index contributed by atoms with van der Waals surface area (Å²) in [5.74, 6) is 0.841. The first-order valence-electron chi connectivity index (χ1n) is 5.53. The maximum atomic E-state index is 6.48. The molecule has 0 saturated carbocycles. The summed E-state index contributed by atoms with van der Waals surface area (Å²) >= 11 is 1.70. The number of hydrogen-bond acceptors (Lipinski definition) is 3. The summed E-state index contributed by atoms with van der Waals surface area (Å²) in [5, 5.41) is 2.08. The fourth-order valence-corrected chi connectivity index (χ4v) is 3.01. The van der Waals surface area contributed by atoms with Crippen LogP contribution in [0.25, 0.3) is 0 Å². The quantitative estimate of drug-likeness (QED) is 0.903. The largest absolute Gasteiger partial charge is 0.497 e. The second-order valence-corrected chi connectivity index (χ2v) is 5.28. The van der Waals surface area contributed by atoms with Gasteiger partial charge in [-0.05, 0) is 48.6 Å². The summed E-state index contributed by atoms with van der Waals surface area (Å²) in [7, 11) is 1.67. The van der Waals surface area contributed by atoms with E-state index in [0.717, 1.165) is 11.3 Å². The van der Waals surface area contributed by atoms with Crippen LogP contribution in [-0.4, -0.2) is 7.11 Å². The number of methoxy groups -OCH3 is 1. The molecule has 1 unspecified atom stereocenters. The average Bonchev–Trinajstić information content (AvgIpc) is 2.76. The van der Waals surface area contributed by atoms with Gasteiger partial charge in [0.15, 0.2) is 0 Å². The lowest BCUT2D eigenvalue weighted by atomic mass is 9.89. The predicted molar refractivity (Wildman–Crippen MR) is 72.7 cm³/mol. The zero-order valence-electron chi connectivity index (χ0n) is 10.4. The molecule has 1 atom stereocenters. The van der Waals surface area contributed by atoms with E-state index in [1.165, 1.54) is 10.4 Å². The molecule has 3 heteroatoms. The first-order chi connectivity index (χ1) is 8.05. The number of rotatable bonds is 3. The van der Waals surface area contributed by atoms with E-state index in [4.69, 9.17) is 10.5 Å². The van der Waals surface area contributed by atoms with Gasteiger partial charge in [-0.3, -0.25) is 0 Å². The van der Waals surface area contributed by atoms with Gasteiger partial charge >= 0.3 is 0 Å². The van der Waals surface area contributed by atoms with Gasteiger partial charge in [-0.15, -0.1) is 11.3 Å². The number of hydrogen-bond donors (Lipinski definition) is 1. The molecule has 1 heterocycles. The summed E-state index contributed by atoms with van der Waals surface area (Å²) in [4.78, 5) is 1.20. The second-order valence-electron chi connectivity index (χ2n) is 4.37. The molecule has 0 radical (unpaired) electrons. The van der Waals surface area contributed by atoms with E-state index in [-0.39, 0.29) is 0 Å². The molecule has 2 rings (SSSR count). The topological polar surface area (TPSA) is 35.2 Å². The van der Waals surface area contributed by atoms with Gasteiger partial charge in [-0.1, -0.05) is 12.1 Å². The van der Waals surface area contributed by atoms with Gasteiger partial charge in [0.25, 0.3) is 0 Å². The molecule has 1 aromatic carbocycles. The molecule has 0 bridgehead atoms. The summed E-state index contributed by atoms with van der Waals surface area (Å²) in [5.41, 5.74) is 8.33. The normalized spacial score (nSPS) is 14.4. The Hall–Kier alpha value is -1.32. The Morgan fingerprint density at radius 1 is 1.29 bits per heavy atom. The Morgan fingerprint density at radius 3 is 2.65 bits per heavy atom. The van der Waals surface area contributed by atoms with Crippen LogP contribution in [-0.2, 0) is 5.54 Å². The monoisotopic (exact) mass is 247 g/mol. The molecule has 2 N–H and O–H groups in total. The summed E-state index contributed by atoms with van der Waals surface area (Å²) in [6.45, 7) is 4.14. The molecule has 2 nitrogen and oxygen atoms in total. The molecular weight excluding hydrogens is 230 g/mol. The maximum Gasteiger partial charge on any atom is 0.119 e. The van der Waals surface area contributed by atoms with Crippen LogP contribution >= 0.6 is 11.3 Å². The van der Waals surface area contributed by atoms with E-state index in [2.05, 4.69) is 18.4 Å². The van der Waals surface area contributed by atoms with Crippen molar-refractivity contribution >= 4 is 11.3 Å². The minimum absolute atomic E-state index is 0.465. The standard InChI is InChI=1S/C14H17NOS/c1-10-7-8-17-13(10)14(2,15)11-5-4-6-12(9-11)16-3/h4-9H,15H2,1-3H3. The van der Waals surface area contributed by atoms with Crippen molar-refractivity contribution in [3.8, 4) is 5.75 Å². The zero-order valence-corrected chi connectivity index (χ0v) is 11.2. The van der Waals surface area contributed by atoms with E-state index in [9.17, 15) is 0 Å². The van der Waals surface area contributed by atoms with E-state index >= 15 is 0 Å². The van der Waals surface area contributed by atoms with Gasteiger partial charge in [0.2, 0.25) is 0 Å². The van der Waals surface area contributed by atoms with E-state index < -0.39 is 5.54 Å². The molecule has 0 fully saturated rings. The third-order valence-electron chi connectivity index (χ3n) is 3.00. The van der Waals surface area contributed by atoms with Crippen molar-refractivity contribution in [3.63, 3.8) is 0 Å². The molecule has 0 aliphatic heterocycles. The number of thiophene rings is 1. The first kappa shape index (κ1) is 12.1. The maximum absolute atomic E-state index is 6.48. The highest BCUT2D eigenvalue weighted by Crippen LogP contribution is 2.34. The summed E-state index contributed by atoms with van der Waals surface area (Å²) in [6.07, 6.45) is 0. The van der Waals surface area contributed by atoms with Gasteiger partial charge in [-0.25, -0.2) is 0 Å². The Balaban J connectivity index is 2.47. The average molecular weight is 247 g/mol. The molecule has 0 aliphatic carbocycles. The lowest BCUT2D eigenvalue weighted by Crippen LogP contribution is -2.33. The van der Waals surface area contributed by atoms with Crippen LogP contribution in [0.3, 0.4) is 0 Å². The molecule has 0 saturated heterocycles. The van der Waals surface area contributed by atoms with Gasteiger partial charge < -0.3 is 10.5 Å². The lowest BCUT2D eigenvalue weighted by molar-refractivity contribution is 0.413. The molecule has 2 aromatic rings. The highest BCUT2D eigenvalue weighted by Gasteiger charge is 2.26. The number of nitrogens with two attached hydrogens (primary N) is 1. The van der Waals surface area contributed by atoms with Crippen molar-refractivity contribution in [2.24, 2.45) is 5.73 Å². The van der Waals surface area contributed by atoms with Crippen molar-refractivity contribution in [1.82, 2.24) is 0 Å². The fraction of sp³-hybridized carbons (Fsp3) is 0.286. The molecule has 0 spiro atoms. The lowest BCUT2D eigenvalue weighted by Gasteiger charge is -2.25. The second kappa shape index (κ2) is 4.51. The van der Waals surface area contributed by atoms with E-state index in [1.54, 1.807) is 18.4 Å². The van der Waals surface area contributed by atoms with Crippen molar-refractivity contribution in [3.05, 3.63) is 51.7 Å². The summed E-state index contributed by atoms with van der Waals surface area (Å²) in [6, 6.07) is 10.1. The number of benzene rings is 1. The van der Waals surface area contributed by atoms with Crippen molar-refractivity contribution < 1.29 is 4.74 Å². The van der Waals surface area contributed by atoms with Crippen LogP contribution in [0, 0.1) is 6.92 Å². The summed E-state index contributed by atoms with van der Waals surface area (Å²) < 4.78 is 5.25. The molecule has 0 aliphatic rings. The third-order valence-corrected chi connectivity index (χ3v) is 4.26. The Bertz CT molecular complexity index is 516. The van der Waals surface area contributed by atoms with E-state index in [0.29, 0.717) is 0 Å². The van der Waals surface area contributed by atoms with Crippen molar-refractivity contribution in [2.45, 2.75) is 19.4 Å². The Morgan fingerprint density at radius 2 is 2.06 bits per heavy atom. The zero-order chi connectivity index (χ0) is 12.5. The smallest absolute Gasteiger partial charge is 0.119 e. The van der Waals surface area contributed by atoms with Crippen molar-refractivity contribution in [2.75, 3.05) is 7.11 Å². The minimum Gasteiger partial charge on any atom is -0.497 e. The first-order valence-corrected chi connectivity index (χ1v) is 6.41. The van der Waals surface area contributed by atoms with Crippen LogP contribution in [0.5, 0.6) is 5.75 Å². The Labute approximate surface area is 106 Å². The minimum atomic E-state index is -0.465. The Kier molecular flexibility index (Phi) is 3.22. The third kappa shape index (κ3) is 2.21. The van der Waals surface area contributed by atoms with Crippen molar-refractivity contribution in [1.29, 1.82) is 0 Å². The highest BCUT2D eigenvalue weighted by molar-refractivity contribution is 7.10. The van der Waals surface area contributed by atoms with Crippen LogP contribution in [0.15, 0.2) is 35.7 Å². The SMILES string of the molecule is COc1cccc(C(C)(N)c2sccc2C)c1. The van der Waals surface area contributed by atoms with Gasteiger partial charge in [-0.2, -0.15) is 0 Å². The van der Waals surface area contributed by atoms with Crippen LogP contribution < -0.4 is 10.5 Å². The van der Waals surface area contributed by atoms with Crippen LogP contribution in [0.1, 0.15) is 22.9 Å². The van der Waals surface area contributed by atoms with Crippen LogP contribution in [0.4, 0.5) is 0 Å². The number of ether oxygens (including phenoxy) is 1. The molecule has 90 valence electrons. The molecular formula is C14H17NOS. The molecule has 17 heavy (non-hydrogen) atoms. The molecule has 1 aromatic heterocycles.